The van der Waals surface area contributed by atoms with E-state index < -0.39 is 0 Å². The van der Waals surface area contributed by atoms with E-state index in [-0.39, 0.29) is 12.2 Å². The lowest BCUT2D eigenvalue weighted by molar-refractivity contribution is 0.604. The molecule has 0 fully saturated rings. The van der Waals surface area contributed by atoms with Gasteiger partial charge in [0.25, 0.3) is 0 Å². The maximum atomic E-state index is 12.2. The van der Waals surface area contributed by atoms with Gasteiger partial charge in [0, 0.05) is 18.4 Å². The van der Waals surface area contributed by atoms with Crippen molar-refractivity contribution in [1.29, 1.82) is 0 Å². The van der Waals surface area contributed by atoms with E-state index in [9.17, 15) is 4.79 Å². The second kappa shape index (κ2) is 5.73. The highest BCUT2D eigenvalue weighted by Crippen LogP contribution is 2.20. The molecule has 4 rings (SSSR count). The van der Waals surface area contributed by atoms with Crippen LogP contribution in [0.3, 0.4) is 0 Å². The molecule has 4 aromatic rings. The summed E-state index contributed by atoms with van der Waals surface area (Å²) in [6, 6.07) is 11.8. The van der Waals surface area contributed by atoms with Crippen LogP contribution in [-0.2, 0) is 13.1 Å². The molecule has 0 saturated heterocycles. The van der Waals surface area contributed by atoms with Gasteiger partial charge in [0.1, 0.15) is 17.9 Å². The Bertz CT molecular complexity index is 1050. The number of benzene rings is 1. The molecule has 0 atom stereocenters. The molecule has 3 heterocycles. The highest BCUT2D eigenvalue weighted by atomic mass is 16.2. The van der Waals surface area contributed by atoms with Gasteiger partial charge in [-0.2, -0.15) is 9.36 Å². The van der Waals surface area contributed by atoms with Crippen LogP contribution in [0.15, 0.2) is 53.6 Å². The molecule has 0 unspecified atom stereocenters. The fraction of sp³-hybridized carbons (Fsp3) is 0.188. The Morgan fingerprint density at radius 2 is 1.83 bits per heavy atom. The maximum Gasteiger partial charge on any atom is 0.364 e. The largest absolute Gasteiger partial charge is 0.364 e. The van der Waals surface area contributed by atoms with Crippen LogP contribution in [-0.4, -0.2) is 34.3 Å². The number of nitrogens with zero attached hydrogens (tertiary/aromatic N) is 7. The molecular weight excluding hydrogens is 306 g/mol. The van der Waals surface area contributed by atoms with Gasteiger partial charge in [0.15, 0.2) is 0 Å². The van der Waals surface area contributed by atoms with Crippen molar-refractivity contribution < 1.29 is 0 Å². The first kappa shape index (κ1) is 14.3. The summed E-state index contributed by atoms with van der Waals surface area (Å²) in [5.74, 6) is 0.703. The summed E-state index contributed by atoms with van der Waals surface area (Å²) < 4.78 is 4.64. The van der Waals surface area contributed by atoms with Crippen LogP contribution in [0.5, 0.6) is 0 Å². The second-order valence-electron chi connectivity index (χ2n) is 5.30. The van der Waals surface area contributed by atoms with E-state index >= 15 is 0 Å². The van der Waals surface area contributed by atoms with Gasteiger partial charge in [-0.1, -0.05) is 18.2 Å². The molecule has 0 aliphatic rings. The van der Waals surface area contributed by atoms with Crippen LogP contribution in [0.25, 0.3) is 16.7 Å². The monoisotopic (exact) mass is 321 g/mol. The summed E-state index contributed by atoms with van der Waals surface area (Å²) in [6.07, 6.45) is 3.44. The molecule has 0 bridgehead atoms. The highest BCUT2D eigenvalue weighted by Gasteiger charge is 2.15. The molecule has 120 valence electrons. The van der Waals surface area contributed by atoms with Crippen LogP contribution in [0.2, 0.25) is 0 Å². The smallest absolute Gasteiger partial charge is 0.295 e. The number of rotatable bonds is 4. The Kier molecular flexibility index (Phi) is 3.42. The standard InChI is InChI=1S/C16H15N7O/c1-2-21-16(24)22(20-19-21)11-15-18-13-10-17-9-8-14(13)23(15)12-6-4-3-5-7-12/h3-10H,2,11H2,1H3. The van der Waals surface area contributed by atoms with Crippen LogP contribution in [0.1, 0.15) is 12.7 Å². The Balaban J connectivity index is 1.88. The quantitative estimate of drug-likeness (QED) is 0.565. The van der Waals surface area contributed by atoms with Gasteiger partial charge in [-0.3, -0.25) is 9.55 Å². The van der Waals surface area contributed by atoms with E-state index in [0.29, 0.717) is 12.4 Å². The van der Waals surface area contributed by atoms with Crippen LogP contribution in [0.4, 0.5) is 0 Å². The predicted octanol–water partition coefficient (Wildman–Crippen LogP) is 1.24. The summed E-state index contributed by atoms with van der Waals surface area (Å²) in [4.78, 5) is 21.0. The molecular formula is C16H15N7O. The van der Waals surface area contributed by atoms with Crippen molar-refractivity contribution in [3.8, 4) is 5.69 Å². The van der Waals surface area contributed by atoms with Gasteiger partial charge >= 0.3 is 5.69 Å². The lowest BCUT2D eigenvalue weighted by atomic mass is 10.3. The minimum absolute atomic E-state index is 0.238. The minimum atomic E-state index is -0.248. The molecule has 0 aliphatic carbocycles. The Labute approximate surface area is 137 Å². The van der Waals surface area contributed by atoms with Crippen LogP contribution in [0, 0.1) is 0 Å². The van der Waals surface area contributed by atoms with Crippen LogP contribution < -0.4 is 5.69 Å². The molecule has 0 N–H and O–H groups in total. The molecule has 0 spiro atoms. The SMILES string of the molecule is CCn1nnn(Cc2nc3cnccc3n2-c2ccccc2)c1=O. The fourth-order valence-electron chi connectivity index (χ4n) is 2.69. The number of para-hydroxylation sites is 1. The van der Waals surface area contributed by atoms with E-state index in [1.165, 1.54) is 9.36 Å². The summed E-state index contributed by atoms with van der Waals surface area (Å²) in [5.41, 5.74) is 2.42. The molecule has 8 heteroatoms. The van der Waals surface area contributed by atoms with Gasteiger partial charge in [0.05, 0.1) is 11.7 Å². The molecule has 0 aliphatic heterocycles. The summed E-state index contributed by atoms with van der Waals surface area (Å²) in [5, 5.41) is 7.79. The average Bonchev–Trinajstić information content (AvgIpc) is 3.16. The topological polar surface area (TPSA) is 83.4 Å². The minimum Gasteiger partial charge on any atom is -0.295 e. The van der Waals surface area contributed by atoms with Gasteiger partial charge in [0.2, 0.25) is 0 Å². The zero-order valence-corrected chi connectivity index (χ0v) is 13.1. The van der Waals surface area contributed by atoms with Crippen molar-refractivity contribution in [1.82, 2.24) is 34.3 Å². The third-order valence-electron chi connectivity index (χ3n) is 3.83. The molecule has 1 aromatic carbocycles. The van der Waals surface area contributed by atoms with Crippen molar-refractivity contribution in [3.05, 3.63) is 65.1 Å². The molecule has 0 radical (unpaired) electrons. The number of imidazole rings is 1. The number of aromatic nitrogens is 7. The van der Waals surface area contributed by atoms with E-state index in [1.54, 1.807) is 12.4 Å². The zero-order valence-electron chi connectivity index (χ0n) is 13.1. The lowest BCUT2D eigenvalue weighted by Crippen LogP contribution is -2.26. The lowest BCUT2D eigenvalue weighted by Gasteiger charge is -2.08. The zero-order chi connectivity index (χ0) is 16.5. The van der Waals surface area contributed by atoms with Crippen molar-refractivity contribution in [2.45, 2.75) is 20.0 Å². The van der Waals surface area contributed by atoms with E-state index in [0.717, 1.165) is 16.7 Å². The molecule has 0 amide bonds. The number of aryl methyl sites for hydroxylation is 1. The Morgan fingerprint density at radius 1 is 1.04 bits per heavy atom. The van der Waals surface area contributed by atoms with Gasteiger partial charge in [-0.05, 0) is 35.5 Å². The Morgan fingerprint density at radius 3 is 2.58 bits per heavy atom. The van der Waals surface area contributed by atoms with Crippen molar-refractivity contribution in [2.24, 2.45) is 0 Å². The maximum absolute atomic E-state index is 12.2. The van der Waals surface area contributed by atoms with Crippen molar-refractivity contribution >= 4 is 11.0 Å². The number of hydrogen-bond acceptors (Lipinski definition) is 5. The number of hydrogen-bond donors (Lipinski definition) is 0. The third kappa shape index (κ3) is 2.28. The van der Waals surface area contributed by atoms with Gasteiger partial charge < -0.3 is 0 Å². The summed E-state index contributed by atoms with van der Waals surface area (Å²) in [6.45, 7) is 2.57. The molecule has 3 aromatic heterocycles. The molecule has 24 heavy (non-hydrogen) atoms. The summed E-state index contributed by atoms with van der Waals surface area (Å²) in [7, 11) is 0. The van der Waals surface area contributed by atoms with Crippen molar-refractivity contribution in [3.63, 3.8) is 0 Å². The third-order valence-corrected chi connectivity index (χ3v) is 3.83. The average molecular weight is 321 g/mol. The van der Waals surface area contributed by atoms with E-state index in [4.69, 9.17) is 0 Å². The molecule has 0 saturated carbocycles. The summed E-state index contributed by atoms with van der Waals surface area (Å²) >= 11 is 0. The number of pyridine rings is 1. The fourth-order valence-corrected chi connectivity index (χ4v) is 2.69. The first-order chi connectivity index (χ1) is 11.8. The second-order valence-corrected chi connectivity index (χ2v) is 5.30. The number of tetrazole rings is 1. The van der Waals surface area contributed by atoms with E-state index in [2.05, 4.69) is 20.4 Å². The van der Waals surface area contributed by atoms with E-state index in [1.807, 2.05) is 47.9 Å². The van der Waals surface area contributed by atoms with Gasteiger partial charge in [-0.25, -0.2) is 9.78 Å². The Hall–Kier alpha value is -3.29. The van der Waals surface area contributed by atoms with Gasteiger partial charge in [-0.15, -0.1) is 0 Å². The van der Waals surface area contributed by atoms with Crippen LogP contribution >= 0.6 is 0 Å². The highest BCUT2D eigenvalue weighted by molar-refractivity contribution is 5.77. The first-order valence-electron chi connectivity index (χ1n) is 7.65. The number of fused-ring (bicyclic) bond motifs is 1. The van der Waals surface area contributed by atoms with Crippen molar-refractivity contribution in [2.75, 3.05) is 0 Å². The first-order valence-corrected chi connectivity index (χ1v) is 7.65. The normalized spacial score (nSPS) is 11.2. The molecule has 8 nitrogen and oxygen atoms in total. The predicted molar refractivity (Wildman–Crippen MR) is 87.9 cm³/mol.